The average molecular weight is 270 g/mol. The van der Waals surface area contributed by atoms with Crippen molar-refractivity contribution in [3.8, 4) is 5.75 Å². The van der Waals surface area contributed by atoms with Crippen molar-refractivity contribution in [2.75, 3.05) is 7.11 Å². The van der Waals surface area contributed by atoms with Gasteiger partial charge in [-0.2, -0.15) is 17.6 Å². The number of esters is 1. The van der Waals surface area contributed by atoms with Crippen molar-refractivity contribution in [1.82, 2.24) is 0 Å². The van der Waals surface area contributed by atoms with E-state index in [-0.39, 0.29) is 0 Å². The number of hydrogen-bond donors (Lipinski definition) is 0. The summed E-state index contributed by atoms with van der Waals surface area (Å²) in [6.07, 6.45) is -8.94. The number of rotatable bonds is 3. The van der Waals surface area contributed by atoms with Crippen LogP contribution in [0.4, 0.5) is 22.0 Å². The molecule has 0 fully saturated rings. The lowest BCUT2D eigenvalue weighted by Crippen LogP contribution is -2.30. The first-order valence-electron chi connectivity index (χ1n) is 4.51. The molecule has 0 saturated heterocycles. The summed E-state index contributed by atoms with van der Waals surface area (Å²) in [5, 5.41) is 0. The molecule has 0 radical (unpaired) electrons. The van der Waals surface area contributed by atoms with E-state index in [1.165, 1.54) is 0 Å². The Morgan fingerprint density at radius 2 is 1.94 bits per heavy atom. The van der Waals surface area contributed by atoms with Gasteiger partial charge in [0.15, 0.2) is 0 Å². The van der Waals surface area contributed by atoms with Crippen LogP contribution in [0.25, 0.3) is 0 Å². The van der Waals surface area contributed by atoms with Crippen LogP contribution in [0.2, 0.25) is 0 Å². The van der Waals surface area contributed by atoms with E-state index in [9.17, 15) is 26.7 Å². The van der Waals surface area contributed by atoms with Gasteiger partial charge >= 0.3 is 18.5 Å². The van der Waals surface area contributed by atoms with Gasteiger partial charge in [0.1, 0.15) is 17.1 Å². The van der Waals surface area contributed by atoms with E-state index in [0.717, 1.165) is 25.3 Å². The fourth-order valence-electron chi connectivity index (χ4n) is 1.08. The second-order valence-corrected chi connectivity index (χ2v) is 3.08. The van der Waals surface area contributed by atoms with Gasteiger partial charge in [-0.3, -0.25) is 0 Å². The highest BCUT2D eigenvalue weighted by molar-refractivity contribution is 5.92. The number of hydrogen-bond acceptors (Lipinski definition) is 3. The molecule has 1 atom stereocenters. The van der Waals surface area contributed by atoms with E-state index < -0.39 is 35.6 Å². The largest absolute Gasteiger partial charge is 0.465 e. The number of carbonyl (C=O) groups is 1. The van der Waals surface area contributed by atoms with Gasteiger partial charge in [-0.05, 0) is 12.1 Å². The number of methoxy groups -OCH3 is 1. The Bertz CT molecular complexity index is 444. The van der Waals surface area contributed by atoms with Gasteiger partial charge in [0, 0.05) is 0 Å². The number of halogens is 5. The van der Waals surface area contributed by atoms with Crippen molar-refractivity contribution in [3.05, 3.63) is 29.6 Å². The van der Waals surface area contributed by atoms with Gasteiger partial charge in [0.25, 0.3) is 0 Å². The SMILES string of the molecule is COC(=O)c1c(F)cccc1OC(F)C(F)(F)F. The third kappa shape index (κ3) is 3.08. The Morgan fingerprint density at radius 3 is 2.44 bits per heavy atom. The fourth-order valence-corrected chi connectivity index (χ4v) is 1.08. The van der Waals surface area contributed by atoms with E-state index in [1.54, 1.807) is 0 Å². The van der Waals surface area contributed by atoms with Gasteiger partial charge < -0.3 is 9.47 Å². The van der Waals surface area contributed by atoms with Crippen LogP contribution in [0, 0.1) is 5.82 Å². The van der Waals surface area contributed by atoms with Crippen LogP contribution in [0.15, 0.2) is 18.2 Å². The van der Waals surface area contributed by atoms with Crippen molar-refractivity contribution >= 4 is 5.97 Å². The molecule has 1 aromatic rings. The van der Waals surface area contributed by atoms with Gasteiger partial charge in [-0.1, -0.05) is 6.07 Å². The van der Waals surface area contributed by atoms with Gasteiger partial charge in [-0.25, -0.2) is 9.18 Å². The van der Waals surface area contributed by atoms with E-state index in [1.807, 2.05) is 0 Å². The quantitative estimate of drug-likeness (QED) is 0.625. The second kappa shape index (κ2) is 5.19. The third-order valence-electron chi connectivity index (χ3n) is 1.85. The molecule has 3 nitrogen and oxygen atoms in total. The highest BCUT2D eigenvalue weighted by atomic mass is 19.4. The van der Waals surface area contributed by atoms with Crippen LogP contribution in [0.5, 0.6) is 5.75 Å². The Morgan fingerprint density at radius 1 is 1.33 bits per heavy atom. The smallest absolute Gasteiger partial charge is 0.457 e. The summed E-state index contributed by atoms with van der Waals surface area (Å²) in [5.74, 6) is -3.32. The molecule has 0 saturated carbocycles. The molecule has 0 amide bonds. The minimum Gasteiger partial charge on any atom is -0.465 e. The molecule has 0 aliphatic carbocycles. The van der Waals surface area contributed by atoms with E-state index in [2.05, 4.69) is 9.47 Å². The van der Waals surface area contributed by atoms with Gasteiger partial charge in [0.2, 0.25) is 0 Å². The molecule has 0 spiro atoms. The minimum atomic E-state index is -5.28. The Balaban J connectivity index is 3.10. The maximum Gasteiger partial charge on any atom is 0.457 e. The lowest BCUT2D eigenvalue weighted by molar-refractivity contribution is -0.236. The van der Waals surface area contributed by atoms with Crippen LogP contribution >= 0.6 is 0 Å². The summed E-state index contributed by atoms with van der Waals surface area (Å²) >= 11 is 0. The predicted molar refractivity (Wildman–Crippen MR) is 49.3 cm³/mol. The molecule has 0 N–H and O–H groups in total. The van der Waals surface area contributed by atoms with Crippen molar-refractivity contribution in [2.24, 2.45) is 0 Å². The molecule has 0 bridgehead atoms. The molecule has 18 heavy (non-hydrogen) atoms. The fraction of sp³-hybridized carbons (Fsp3) is 0.300. The number of ether oxygens (including phenoxy) is 2. The highest BCUT2D eigenvalue weighted by Crippen LogP contribution is 2.29. The molecule has 0 aromatic heterocycles. The van der Waals surface area contributed by atoms with Crippen molar-refractivity contribution < 1.29 is 36.2 Å². The molecule has 8 heteroatoms. The lowest BCUT2D eigenvalue weighted by atomic mass is 10.2. The molecule has 1 unspecified atom stereocenters. The molecule has 1 rings (SSSR count). The monoisotopic (exact) mass is 270 g/mol. The lowest BCUT2D eigenvalue weighted by Gasteiger charge is -2.16. The topological polar surface area (TPSA) is 35.5 Å². The summed E-state index contributed by atoms with van der Waals surface area (Å²) in [6, 6.07) is 2.60. The Labute approximate surface area is 98.1 Å². The minimum absolute atomic E-state index is 0.805. The zero-order valence-corrected chi connectivity index (χ0v) is 8.92. The number of carbonyl (C=O) groups excluding carboxylic acids is 1. The van der Waals surface area contributed by atoms with Gasteiger partial charge in [-0.15, -0.1) is 0 Å². The number of alkyl halides is 4. The zero-order valence-electron chi connectivity index (χ0n) is 8.92. The third-order valence-corrected chi connectivity index (χ3v) is 1.85. The first kappa shape index (κ1) is 14.2. The summed E-state index contributed by atoms with van der Waals surface area (Å²) < 4.78 is 69.8. The molecule has 100 valence electrons. The number of benzene rings is 1. The van der Waals surface area contributed by atoms with E-state index >= 15 is 0 Å². The summed E-state index contributed by atoms with van der Waals surface area (Å²) in [4.78, 5) is 11.1. The first-order chi connectivity index (χ1) is 8.27. The maximum absolute atomic E-state index is 13.2. The standard InChI is InChI=1S/C10H7F5O3/c1-17-8(16)7-5(11)3-2-4-6(7)18-9(12)10(13,14)15/h2-4,9H,1H3. The van der Waals surface area contributed by atoms with Crippen LogP contribution in [-0.2, 0) is 4.74 Å². The van der Waals surface area contributed by atoms with Crippen molar-refractivity contribution in [3.63, 3.8) is 0 Å². The zero-order chi connectivity index (χ0) is 13.9. The second-order valence-electron chi connectivity index (χ2n) is 3.08. The van der Waals surface area contributed by atoms with Crippen LogP contribution in [-0.4, -0.2) is 25.6 Å². The molecular formula is C10H7F5O3. The summed E-state index contributed by atoms with van der Waals surface area (Å²) in [5.41, 5.74) is -0.896. The van der Waals surface area contributed by atoms with Crippen LogP contribution in [0.1, 0.15) is 10.4 Å². The normalized spacial score (nSPS) is 13.0. The molecular weight excluding hydrogens is 263 g/mol. The molecule has 1 aromatic carbocycles. The van der Waals surface area contributed by atoms with Gasteiger partial charge in [0.05, 0.1) is 7.11 Å². The highest BCUT2D eigenvalue weighted by Gasteiger charge is 2.43. The van der Waals surface area contributed by atoms with Crippen LogP contribution in [0.3, 0.4) is 0 Å². The van der Waals surface area contributed by atoms with Crippen molar-refractivity contribution in [1.29, 1.82) is 0 Å². The molecule has 0 aliphatic rings. The first-order valence-corrected chi connectivity index (χ1v) is 4.51. The molecule has 0 aliphatic heterocycles. The van der Waals surface area contributed by atoms with E-state index in [0.29, 0.717) is 0 Å². The molecule has 0 heterocycles. The average Bonchev–Trinajstić information content (AvgIpc) is 2.27. The van der Waals surface area contributed by atoms with Crippen LogP contribution < -0.4 is 4.74 Å². The maximum atomic E-state index is 13.2. The Hall–Kier alpha value is -1.86. The summed E-state index contributed by atoms with van der Waals surface area (Å²) in [7, 11) is 0.898. The van der Waals surface area contributed by atoms with Crippen molar-refractivity contribution in [2.45, 2.75) is 12.5 Å². The van der Waals surface area contributed by atoms with E-state index in [4.69, 9.17) is 0 Å². The Kier molecular flexibility index (Phi) is 4.10. The predicted octanol–water partition coefficient (Wildman–Crippen LogP) is 2.85. The summed E-state index contributed by atoms with van der Waals surface area (Å²) in [6.45, 7) is 0.